The number of hydrogen-bond acceptors (Lipinski definition) is 5. The number of hydrogen-bond donors (Lipinski definition) is 2. The Bertz CT molecular complexity index is 630. The minimum absolute atomic E-state index is 0.0708. The van der Waals surface area contributed by atoms with Gasteiger partial charge in [-0.05, 0) is 18.6 Å². The first kappa shape index (κ1) is 15.2. The number of pyridine rings is 1. The second kappa shape index (κ2) is 6.99. The van der Waals surface area contributed by atoms with Gasteiger partial charge in [0.25, 0.3) is 5.69 Å². The van der Waals surface area contributed by atoms with E-state index < -0.39 is 0 Å². The molecule has 1 atom stereocenters. The Morgan fingerprint density at radius 2 is 2.19 bits per heavy atom. The van der Waals surface area contributed by atoms with E-state index in [2.05, 4.69) is 17.2 Å². The van der Waals surface area contributed by atoms with Crippen molar-refractivity contribution in [3.8, 4) is 0 Å². The van der Waals surface area contributed by atoms with E-state index in [-0.39, 0.29) is 16.7 Å². The molecule has 0 aliphatic carbocycles. The summed E-state index contributed by atoms with van der Waals surface area (Å²) in [6.07, 6.45) is 6.36. The van der Waals surface area contributed by atoms with Crippen LogP contribution >= 0.6 is 0 Å². The number of rotatable bonds is 7. The molecule has 0 bridgehead atoms. The molecule has 21 heavy (non-hydrogen) atoms. The Balaban J connectivity index is 2.36. The third-order valence-electron chi connectivity index (χ3n) is 3.54. The van der Waals surface area contributed by atoms with Crippen molar-refractivity contribution in [3.63, 3.8) is 0 Å². The van der Waals surface area contributed by atoms with Crippen LogP contribution in [0.1, 0.15) is 26.2 Å². The van der Waals surface area contributed by atoms with E-state index in [0.29, 0.717) is 11.9 Å². The van der Waals surface area contributed by atoms with Gasteiger partial charge >= 0.3 is 0 Å². The first-order chi connectivity index (χ1) is 10.2. The highest BCUT2D eigenvalue weighted by Crippen LogP contribution is 2.31. The van der Waals surface area contributed by atoms with Crippen LogP contribution in [0.5, 0.6) is 0 Å². The number of non-ortho nitro benzene ring substituents is 1. The van der Waals surface area contributed by atoms with Crippen LogP contribution in [0.25, 0.3) is 10.8 Å². The fraction of sp³-hybridized carbons (Fsp3) is 0.400. The summed E-state index contributed by atoms with van der Waals surface area (Å²) in [5, 5.41) is 15.8. The van der Waals surface area contributed by atoms with Crippen molar-refractivity contribution in [2.75, 3.05) is 11.9 Å². The highest BCUT2D eigenvalue weighted by Gasteiger charge is 2.15. The number of nitrogens with one attached hydrogen (secondary N) is 1. The fourth-order valence-electron chi connectivity index (χ4n) is 2.38. The molecule has 0 amide bonds. The van der Waals surface area contributed by atoms with Crippen LogP contribution in [0, 0.1) is 10.1 Å². The lowest BCUT2D eigenvalue weighted by Crippen LogP contribution is -2.28. The van der Waals surface area contributed by atoms with Crippen LogP contribution in [-0.4, -0.2) is 22.5 Å². The Labute approximate surface area is 123 Å². The van der Waals surface area contributed by atoms with Crippen molar-refractivity contribution in [1.29, 1.82) is 0 Å². The van der Waals surface area contributed by atoms with Gasteiger partial charge in [-0.15, -0.1) is 0 Å². The van der Waals surface area contributed by atoms with Gasteiger partial charge in [0.05, 0.1) is 10.3 Å². The standard InChI is InChI=1S/C15H20N4O2/c1-2-3-4-11(9-16)18-14-5-6-15(19(20)21)13-10-17-8-7-12(13)14/h5-8,10-11,18H,2-4,9,16H2,1H3. The van der Waals surface area contributed by atoms with Gasteiger partial charge in [-0.2, -0.15) is 0 Å². The lowest BCUT2D eigenvalue weighted by atomic mass is 10.1. The SMILES string of the molecule is CCCCC(CN)Nc1ccc([N+](=O)[O-])c2cnccc12. The van der Waals surface area contributed by atoms with Crippen LogP contribution in [-0.2, 0) is 0 Å². The zero-order valence-electron chi connectivity index (χ0n) is 12.1. The molecule has 0 aliphatic heterocycles. The molecule has 1 aromatic heterocycles. The molecule has 2 aromatic rings. The Kier molecular flexibility index (Phi) is 5.05. The van der Waals surface area contributed by atoms with E-state index in [0.717, 1.165) is 30.3 Å². The van der Waals surface area contributed by atoms with E-state index >= 15 is 0 Å². The van der Waals surface area contributed by atoms with Crippen molar-refractivity contribution in [3.05, 3.63) is 40.7 Å². The van der Waals surface area contributed by atoms with Crippen molar-refractivity contribution >= 4 is 22.1 Å². The van der Waals surface area contributed by atoms with Gasteiger partial charge in [-0.1, -0.05) is 19.8 Å². The first-order valence-corrected chi connectivity index (χ1v) is 7.15. The molecule has 6 heteroatoms. The zero-order chi connectivity index (χ0) is 15.2. The minimum atomic E-state index is -0.384. The van der Waals surface area contributed by atoms with Gasteiger partial charge in [0.15, 0.2) is 0 Å². The summed E-state index contributed by atoms with van der Waals surface area (Å²) in [5.41, 5.74) is 6.74. The largest absolute Gasteiger partial charge is 0.381 e. The lowest BCUT2D eigenvalue weighted by Gasteiger charge is -2.19. The van der Waals surface area contributed by atoms with Gasteiger partial charge in [-0.25, -0.2) is 0 Å². The smallest absolute Gasteiger partial charge is 0.278 e. The maximum Gasteiger partial charge on any atom is 0.278 e. The third kappa shape index (κ3) is 3.46. The van der Waals surface area contributed by atoms with E-state index in [4.69, 9.17) is 5.73 Å². The first-order valence-electron chi connectivity index (χ1n) is 7.15. The van der Waals surface area contributed by atoms with Crippen molar-refractivity contribution in [2.24, 2.45) is 5.73 Å². The summed E-state index contributed by atoms with van der Waals surface area (Å²) in [6.45, 7) is 2.67. The molecule has 0 radical (unpaired) electrons. The van der Waals surface area contributed by atoms with Gasteiger partial charge < -0.3 is 11.1 Å². The number of nitrogens with two attached hydrogens (primary N) is 1. The highest BCUT2D eigenvalue weighted by atomic mass is 16.6. The molecule has 0 saturated carbocycles. The zero-order valence-corrected chi connectivity index (χ0v) is 12.1. The predicted molar refractivity (Wildman–Crippen MR) is 84.4 cm³/mol. The predicted octanol–water partition coefficient (Wildman–Crippen LogP) is 3.07. The van der Waals surface area contributed by atoms with E-state index in [1.54, 1.807) is 18.3 Å². The Hall–Kier alpha value is -2.21. The van der Waals surface area contributed by atoms with E-state index in [1.807, 2.05) is 0 Å². The molecule has 0 fully saturated rings. The van der Waals surface area contributed by atoms with Crippen LogP contribution in [0.4, 0.5) is 11.4 Å². The van der Waals surface area contributed by atoms with Crippen LogP contribution in [0.2, 0.25) is 0 Å². The molecule has 1 unspecified atom stereocenters. The second-order valence-corrected chi connectivity index (χ2v) is 5.03. The maximum absolute atomic E-state index is 11.1. The summed E-state index contributed by atoms with van der Waals surface area (Å²) in [5.74, 6) is 0. The normalized spacial score (nSPS) is 12.3. The molecule has 0 spiro atoms. The van der Waals surface area contributed by atoms with Crippen LogP contribution < -0.4 is 11.1 Å². The van der Waals surface area contributed by atoms with E-state index in [9.17, 15) is 10.1 Å². The van der Waals surface area contributed by atoms with Crippen LogP contribution in [0.15, 0.2) is 30.6 Å². The highest BCUT2D eigenvalue weighted by molar-refractivity contribution is 5.99. The van der Waals surface area contributed by atoms with E-state index in [1.165, 1.54) is 12.3 Å². The second-order valence-electron chi connectivity index (χ2n) is 5.03. The Morgan fingerprint density at radius 1 is 1.38 bits per heavy atom. The van der Waals surface area contributed by atoms with Crippen molar-refractivity contribution in [1.82, 2.24) is 4.98 Å². The molecule has 2 rings (SSSR count). The summed E-state index contributed by atoms with van der Waals surface area (Å²) >= 11 is 0. The molecule has 0 aliphatic rings. The minimum Gasteiger partial charge on any atom is -0.381 e. The quantitative estimate of drug-likeness (QED) is 0.603. The summed E-state index contributed by atoms with van der Waals surface area (Å²) < 4.78 is 0. The third-order valence-corrected chi connectivity index (χ3v) is 3.54. The number of nitrogens with zero attached hydrogens (tertiary/aromatic N) is 2. The van der Waals surface area contributed by atoms with Crippen molar-refractivity contribution in [2.45, 2.75) is 32.2 Å². The lowest BCUT2D eigenvalue weighted by molar-refractivity contribution is -0.383. The molecular weight excluding hydrogens is 268 g/mol. The number of aromatic nitrogens is 1. The fourth-order valence-corrected chi connectivity index (χ4v) is 2.38. The molecule has 3 N–H and O–H groups in total. The monoisotopic (exact) mass is 288 g/mol. The molecule has 1 heterocycles. The summed E-state index contributed by atoms with van der Waals surface area (Å²) in [7, 11) is 0. The number of anilines is 1. The average Bonchev–Trinajstić information content (AvgIpc) is 2.51. The topological polar surface area (TPSA) is 94.1 Å². The van der Waals surface area contributed by atoms with Crippen molar-refractivity contribution < 1.29 is 4.92 Å². The van der Waals surface area contributed by atoms with Crippen LogP contribution in [0.3, 0.4) is 0 Å². The average molecular weight is 288 g/mol. The summed E-state index contributed by atoms with van der Waals surface area (Å²) in [4.78, 5) is 14.7. The number of nitro groups is 1. The number of unbranched alkanes of at least 4 members (excludes halogenated alkanes) is 1. The number of fused-ring (bicyclic) bond motifs is 1. The molecule has 112 valence electrons. The molecule has 6 nitrogen and oxygen atoms in total. The number of benzene rings is 1. The summed E-state index contributed by atoms with van der Waals surface area (Å²) in [6, 6.07) is 5.22. The molecule has 1 aromatic carbocycles. The van der Waals surface area contributed by atoms with Gasteiger partial charge in [0.1, 0.15) is 0 Å². The molecule has 0 saturated heterocycles. The maximum atomic E-state index is 11.1. The van der Waals surface area contributed by atoms with Gasteiger partial charge in [0, 0.05) is 42.1 Å². The Morgan fingerprint density at radius 3 is 2.86 bits per heavy atom. The number of nitro benzene ring substituents is 1. The van der Waals surface area contributed by atoms with Gasteiger partial charge in [0.2, 0.25) is 0 Å². The molecular formula is C15H20N4O2. The van der Waals surface area contributed by atoms with Gasteiger partial charge in [-0.3, -0.25) is 15.1 Å².